The molecule has 0 aliphatic carbocycles. The van der Waals surface area contributed by atoms with Crippen molar-refractivity contribution in [1.29, 1.82) is 0 Å². The lowest BCUT2D eigenvalue weighted by atomic mass is 10.0. The SMILES string of the molecule is CC(CO)S(=O)(=O)N1CCCc2ccccc2C1. The molecule has 1 heterocycles. The third-order valence-electron chi connectivity index (χ3n) is 3.44. The number of benzene rings is 1. The van der Waals surface area contributed by atoms with Crippen LogP contribution in [0.4, 0.5) is 0 Å². The van der Waals surface area contributed by atoms with E-state index in [-0.39, 0.29) is 6.61 Å². The van der Waals surface area contributed by atoms with Gasteiger partial charge in [0.15, 0.2) is 0 Å². The highest BCUT2D eigenvalue weighted by molar-refractivity contribution is 7.89. The van der Waals surface area contributed by atoms with Crippen LogP contribution < -0.4 is 0 Å². The number of aliphatic hydroxyl groups excluding tert-OH is 1. The molecule has 0 radical (unpaired) electrons. The number of sulfonamides is 1. The van der Waals surface area contributed by atoms with E-state index in [1.165, 1.54) is 9.87 Å². The zero-order valence-corrected chi connectivity index (χ0v) is 11.4. The molecule has 5 heteroatoms. The predicted octanol–water partition coefficient (Wildman–Crippen LogP) is 1.15. The molecule has 18 heavy (non-hydrogen) atoms. The van der Waals surface area contributed by atoms with Gasteiger partial charge in [-0.3, -0.25) is 0 Å². The molecule has 0 saturated heterocycles. The number of nitrogens with zero attached hydrogens (tertiary/aromatic N) is 1. The second kappa shape index (κ2) is 5.38. The van der Waals surface area contributed by atoms with E-state index in [4.69, 9.17) is 5.11 Å². The molecule has 0 spiro atoms. The predicted molar refractivity (Wildman–Crippen MR) is 70.6 cm³/mol. The van der Waals surface area contributed by atoms with E-state index >= 15 is 0 Å². The van der Waals surface area contributed by atoms with Crippen molar-refractivity contribution in [3.05, 3.63) is 35.4 Å². The molecule has 2 rings (SSSR count). The molecule has 1 aliphatic rings. The Balaban J connectivity index is 2.28. The Bertz CT molecular complexity index is 513. The third-order valence-corrected chi connectivity index (χ3v) is 5.64. The van der Waals surface area contributed by atoms with Crippen LogP contribution in [0.1, 0.15) is 24.5 Å². The number of hydrogen-bond acceptors (Lipinski definition) is 3. The normalized spacial score (nSPS) is 19.0. The van der Waals surface area contributed by atoms with Gasteiger partial charge in [-0.2, -0.15) is 4.31 Å². The molecule has 0 bridgehead atoms. The molecule has 0 fully saturated rings. The second-order valence-electron chi connectivity index (χ2n) is 4.74. The van der Waals surface area contributed by atoms with Crippen molar-refractivity contribution >= 4 is 10.0 Å². The van der Waals surface area contributed by atoms with Crippen LogP contribution in [0, 0.1) is 0 Å². The van der Waals surface area contributed by atoms with Crippen molar-refractivity contribution in [2.24, 2.45) is 0 Å². The highest BCUT2D eigenvalue weighted by atomic mass is 32.2. The summed E-state index contributed by atoms with van der Waals surface area (Å²) in [7, 11) is -3.39. The Morgan fingerprint density at radius 1 is 1.33 bits per heavy atom. The Morgan fingerprint density at radius 2 is 2.00 bits per heavy atom. The molecule has 1 aromatic rings. The van der Waals surface area contributed by atoms with Crippen LogP contribution >= 0.6 is 0 Å². The van der Waals surface area contributed by atoms with Crippen LogP contribution in [0.25, 0.3) is 0 Å². The number of rotatable bonds is 3. The van der Waals surface area contributed by atoms with Gasteiger partial charge in [0.1, 0.15) is 0 Å². The Hall–Kier alpha value is -0.910. The van der Waals surface area contributed by atoms with Crippen LogP contribution in [-0.4, -0.2) is 36.2 Å². The quantitative estimate of drug-likeness (QED) is 0.895. The van der Waals surface area contributed by atoms with Crippen LogP contribution in [0.15, 0.2) is 24.3 Å². The maximum Gasteiger partial charge on any atom is 0.219 e. The number of aryl methyl sites for hydroxylation is 1. The van der Waals surface area contributed by atoms with Crippen molar-refractivity contribution in [3.63, 3.8) is 0 Å². The molecular weight excluding hydrogens is 250 g/mol. The lowest BCUT2D eigenvalue weighted by Crippen LogP contribution is -2.38. The molecular formula is C13H19NO3S. The molecule has 100 valence electrons. The van der Waals surface area contributed by atoms with Gasteiger partial charge in [-0.15, -0.1) is 0 Å². The Labute approximate surface area is 108 Å². The van der Waals surface area contributed by atoms with Crippen molar-refractivity contribution < 1.29 is 13.5 Å². The minimum Gasteiger partial charge on any atom is -0.395 e. The topological polar surface area (TPSA) is 57.6 Å². The van der Waals surface area contributed by atoms with Crippen LogP contribution in [0.5, 0.6) is 0 Å². The van der Waals surface area contributed by atoms with Gasteiger partial charge in [0.05, 0.1) is 11.9 Å². The minimum atomic E-state index is -3.39. The molecule has 1 atom stereocenters. The van der Waals surface area contributed by atoms with Gasteiger partial charge in [-0.05, 0) is 30.9 Å². The maximum absolute atomic E-state index is 12.2. The average Bonchev–Trinajstić information content (AvgIpc) is 2.60. The second-order valence-corrected chi connectivity index (χ2v) is 7.10. The van der Waals surface area contributed by atoms with E-state index in [9.17, 15) is 8.42 Å². The van der Waals surface area contributed by atoms with E-state index in [0.29, 0.717) is 13.1 Å². The smallest absolute Gasteiger partial charge is 0.219 e. The molecule has 1 N–H and O–H groups in total. The van der Waals surface area contributed by atoms with Gasteiger partial charge >= 0.3 is 0 Å². The summed E-state index contributed by atoms with van der Waals surface area (Å²) >= 11 is 0. The highest BCUT2D eigenvalue weighted by Crippen LogP contribution is 2.22. The molecule has 4 nitrogen and oxygen atoms in total. The first-order valence-electron chi connectivity index (χ1n) is 6.22. The van der Waals surface area contributed by atoms with Crippen molar-refractivity contribution in [2.45, 2.75) is 31.6 Å². The zero-order chi connectivity index (χ0) is 13.2. The van der Waals surface area contributed by atoms with Gasteiger partial charge in [-0.25, -0.2) is 8.42 Å². The van der Waals surface area contributed by atoms with E-state index in [2.05, 4.69) is 6.07 Å². The Kier molecular flexibility index (Phi) is 4.04. The fourth-order valence-electron chi connectivity index (χ4n) is 2.24. The zero-order valence-electron chi connectivity index (χ0n) is 10.5. The maximum atomic E-state index is 12.2. The largest absolute Gasteiger partial charge is 0.395 e. The summed E-state index contributed by atoms with van der Waals surface area (Å²) in [5, 5.41) is 8.33. The highest BCUT2D eigenvalue weighted by Gasteiger charge is 2.29. The molecule has 1 unspecified atom stereocenters. The molecule has 1 aliphatic heterocycles. The third kappa shape index (κ3) is 2.58. The fraction of sp³-hybridized carbons (Fsp3) is 0.538. The van der Waals surface area contributed by atoms with E-state index in [1.807, 2.05) is 18.2 Å². The first kappa shape index (κ1) is 13.5. The average molecular weight is 269 g/mol. The molecule has 1 aromatic carbocycles. The van der Waals surface area contributed by atoms with Gasteiger partial charge < -0.3 is 5.11 Å². The van der Waals surface area contributed by atoms with E-state index in [0.717, 1.165) is 18.4 Å². The first-order valence-corrected chi connectivity index (χ1v) is 7.72. The summed E-state index contributed by atoms with van der Waals surface area (Å²) in [5.41, 5.74) is 2.30. The molecule has 0 saturated carbocycles. The van der Waals surface area contributed by atoms with Gasteiger partial charge in [-0.1, -0.05) is 24.3 Å². The van der Waals surface area contributed by atoms with Crippen molar-refractivity contribution in [3.8, 4) is 0 Å². The monoisotopic (exact) mass is 269 g/mol. The molecule has 0 amide bonds. The lowest BCUT2D eigenvalue weighted by Gasteiger charge is -2.23. The van der Waals surface area contributed by atoms with Crippen molar-refractivity contribution in [2.75, 3.05) is 13.2 Å². The van der Waals surface area contributed by atoms with Crippen LogP contribution in [-0.2, 0) is 23.0 Å². The number of hydrogen-bond donors (Lipinski definition) is 1. The summed E-state index contributed by atoms with van der Waals surface area (Å²) in [5.74, 6) is 0. The number of aliphatic hydroxyl groups is 1. The number of fused-ring (bicyclic) bond motifs is 1. The Morgan fingerprint density at radius 3 is 2.67 bits per heavy atom. The summed E-state index contributed by atoms with van der Waals surface area (Å²) in [4.78, 5) is 0. The standard InChI is InChI=1S/C13H19NO3S/c1-11(10-15)18(16,17)14-8-4-7-12-5-2-3-6-13(12)9-14/h2-3,5-6,11,15H,4,7-10H2,1H3. The van der Waals surface area contributed by atoms with E-state index in [1.54, 1.807) is 6.92 Å². The van der Waals surface area contributed by atoms with Crippen LogP contribution in [0.2, 0.25) is 0 Å². The van der Waals surface area contributed by atoms with E-state index < -0.39 is 15.3 Å². The van der Waals surface area contributed by atoms with Gasteiger partial charge in [0.25, 0.3) is 0 Å². The summed E-state index contributed by atoms with van der Waals surface area (Å²) < 4.78 is 26.0. The lowest BCUT2D eigenvalue weighted by molar-refractivity contribution is 0.288. The van der Waals surface area contributed by atoms with Gasteiger partial charge in [0.2, 0.25) is 10.0 Å². The van der Waals surface area contributed by atoms with Crippen molar-refractivity contribution in [1.82, 2.24) is 4.31 Å². The summed E-state index contributed by atoms with van der Waals surface area (Å²) in [6.45, 7) is 2.16. The first-order chi connectivity index (χ1) is 8.55. The van der Waals surface area contributed by atoms with Crippen LogP contribution in [0.3, 0.4) is 0 Å². The molecule has 0 aromatic heterocycles. The summed E-state index contributed by atoms with van der Waals surface area (Å²) in [6, 6.07) is 7.96. The minimum absolute atomic E-state index is 0.333. The summed E-state index contributed by atoms with van der Waals surface area (Å²) in [6.07, 6.45) is 1.74. The fourth-order valence-corrected chi connectivity index (χ4v) is 3.64. The van der Waals surface area contributed by atoms with Gasteiger partial charge in [0, 0.05) is 13.1 Å².